The van der Waals surface area contributed by atoms with E-state index >= 15 is 0 Å². The van der Waals surface area contributed by atoms with Gasteiger partial charge in [0.2, 0.25) is 5.91 Å². The number of hydrogen-bond donors (Lipinski definition) is 0. The predicted octanol–water partition coefficient (Wildman–Crippen LogP) is 5.06. The number of amides is 2. The second kappa shape index (κ2) is 10.6. The molecule has 0 unspecified atom stereocenters. The van der Waals surface area contributed by atoms with Crippen LogP contribution in [0, 0.1) is 0 Å². The number of para-hydroxylation sites is 1. The van der Waals surface area contributed by atoms with Gasteiger partial charge in [-0.25, -0.2) is 4.79 Å². The highest BCUT2D eigenvalue weighted by Crippen LogP contribution is 2.40. The van der Waals surface area contributed by atoms with Crippen LogP contribution in [-0.2, 0) is 9.53 Å². The van der Waals surface area contributed by atoms with Crippen molar-refractivity contribution >= 4 is 29.2 Å². The fourth-order valence-corrected chi connectivity index (χ4v) is 4.78. The predicted molar refractivity (Wildman–Crippen MR) is 139 cm³/mol. The Hall–Kier alpha value is -4.13. The number of likely N-dealkylation sites (N-methyl/N-ethyl adjacent to an activating group) is 1. The molecule has 0 saturated heterocycles. The molecule has 7 nitrogen and oxygen atoms in total. The molecule has 0 aromatic heterocycles. The number of ether oxygens (including phenoxy) is 2. The number of methoxy groups -OCH3 is 2. The maximum atomic E-state index is 13.8. The zero-order valence-electron chi connectivity index (χ0n) is 20.9. The van der Waals surface area contributed by atoms with Crippen molar-refractivity contribution in [2.75, 3.05) is 30.6 Å². The Kier molecular flexibility index (Phi) is 7.38. The molecule has 2 atom stereocenters. The van der Waals surface area contributed by atoms with Gasteiger partial charge < -0.3 is 19.3 Å². The van der Waals surface area contributed by atoms with Gasteiger partial charge in [0.15, 0.2) is 0 Å². The van der Waals surface area contributed by atoms with Crippen LogP contribution in [0.4, 0.5) is 11.4 Å². The molecule has 0 radical (unpaired) electrons. The van der Waals surface area contributed by atoms with E-state index in [1.165, 1.54) is 7.11 Å². The fraction of sp³-hybridized carbons (Fsp3) is 0.276. The van der Waals surface area contributed by atoms with Crippen LogP contribution in [0.15, 0.2) is 72.8 Å². The number of anilines is 2. The van der Waals surface area contributed by atoms with Crippen molar-refractivity contribution in [1.82, 2.24) is 0 Å². The summed E-state index contributed by atoms with van der Waals surface area (Å²) in [6.07, 6.45) is 0.495. The van der Waals surface area contributed by atoms with E-state index in [1.54, 1.807) is 65.4 Å². The molecule has 1 heterocycles. The zero-order chi connectivity index (χ0) is 25.8. The molecule has 0 N–H and O–H groups in total. The Morgan fingerprint density at radius 3 is 2.17 bits per heavy atom. The van der Waals surface area contributed by atoms with Crippen molar-refractivity contribution in [3.63, 3.8) is 0 Å². The van der Waals surface area contributed by atoms with E-state index in [0.29, 0.717) is 35.5 Å². The van der Waals surface area contributed by atoms with Crippen molar-refractivity contribution in [2.45, 2.75) is 32.2 Å². The van der Waals surface area contributed by atoms with Gasteiger partial charge in [0.05, 0.1) is 25.7 Å². The standard InChI is InChI=1S/C29H30N2O5/c1-5-30(22-14-10-21(11-15-22)29(34)36-4)28(33)25-18-19(2)31(26-9-7-6-8-24(25)26)27(32)20-12-16-23(35-3)17-13-20/h6-17,19,25H,5,18H2,1-4H3/t19-,25-/m0/s1. The van der Waals surface area contributed by atoms with Crippen molar-refractivity contribution in [3.8, 4) is 5.75 Å². The van der Waals surface area contributed by atoms with Crippen molar-refractivity contribution < 1.29 is 23.9 Å². The molecule has 7 heteroatoms. The Balaban J connectivity index is 1.65. The largest absolute Gasteiger partial charge is 0.497 e. The van der Waals surface area contributed by atoms with Crippen molar-refractivity contribution in [1.29, 1.82) is 0 Å². The molecule has 3 aromatic carbocycles. The van der Waals surface area contributed by atoms with Gasteiger partial charge in [0.1, 0.15) is 5.75 Å². The van der Waals surface area contributed by atoms with Crippen LogP contribution in [0.25, 0.3) is 0 Å². The molecule has 0 spiro atoms. The summed E-state index contributed by atoms with van der Waals surface area (Å²) < 4.78 is 9.99. The highest BCUT2D eigenvalue weighted by Gasteiger charge is 2.38. The van der Waals surface area contributed by atoms with Crippen molar-refractivity contribution in [3.05, 3.63) is 89.5 Å². The molecule has 0 bridgehead atoms. The van der Waals surface area contributed by atoms with Gasteiger partial charge in [-0.15, -0.1) is 0 Å². The molecule has 0 saturated carbocycles. The first kappa shape index (κ1) is 25.0. The van der Waals surface area contributed by atoms with E-state index in [1.807, 2.05) is 38.1 Å². The molecule has 0 aliphatic carbocycles. The average Bonchev–Trinajstić information content (AvgIpc) is 2.92. The summed E-state index contributed by atoms with van der Waals surface area (Å²) in [4.78, 5) is 42.7. The normalized spacial score (nSPS) is 16.6. The van der Waals surface area contributed by atoms with E-state index < -0.39 is 11.9 Å². The first-order valence-electron chi connectivity index (χ1n) is 12.0. The lowest BCUT2D eigenvalue weighted by molar-refractivity contribution is -0.120. The summed E-state index contributed by atoms with van der Waals surface area (Å²) in [5.41, 5.74) is 3.26. The van der Waals surface area contributed by atoms with Gasteiger partial charge in [-0.1, -0.05) is 18.2 Å². The second-order valence-corrected chi connectivity index (χ2v) is 8.72. The van der Waals surface area contributed by atoms with Gasteiger partial charge >= 0.3 is 5.97 Å². The van der Waals surface area contributed by atoms with Crippen LogP contribution >= 0.6 is 0 Å². The number of fused-ring (bicyclic) bond motifs is 1. The summed E-state index contributed by atoms with van der Waals surface area (Å²) in [7, 11) is 2.92. The lowest BCUT2D eigenvalue weighted by Gasteiger charge is -2.40. The van der Waals surface area contributed by atoms with Crippen LogP contribution in [0.5, 0.6) is 5.75 Å². The molecule has 2 amide bonds. The van der Waals surface area contributed by atoms with E-state index in [0.717, 1.165) is 11.3 Å². The first-order chi connectivity index (χ1) is 17.4. The number of hydrogen-bond acceptors (Lipinski definition) is 5. The highest BCUT2D eigenvalue weighted by molar-refractivity contribution is 6.09. The average molecular weight is 487 g/mol. The van der Waals surface area contributed by atoms with Gasteiger partial charge in [0.25, 0.3) is 5.91 Å². The molecular formula is C29H30N2O5. The Morgan fingerprint density at radius 1 is 0.917 bits per heavy atom. The number of rotatable bonds is 6. The SMILES string of the molecule is CCN(C(=O)[C@H]1C[C@H](C)N(C(=O)c2ccc(OC)cc2)c2ccccc21)c1ccc(C(=O)OC)cc1. The number of esters is 1. The van der Waals surface area contributed by atoms with Gasteiger partial charge in [-0.3, -0.25) is 9.59 Å². The van der Waals surface area contributed by atoms with Gasteiger partial charge in [-0.2, -0.15) is 0 Å². The molecular weight excluding hydrogens is 456 g/mol. The topological polar surface area (TPSA) is 76.2 Å². The van der Waals surface area contributed by atoms with E-state index in [9.17, 15) is 14.4 Å². The molecule has 4 rings (SSSR count). The Labute approximate surface area is 211 Å². The van der Waals surface area contributed by atoms with E-state index in [2.05, 4.69) is 0 Å². The molecule has 1 aliphatic heterocycles. The number of carbonyl (C=O) groups excluding carboxylic acids is 3. The lowest BCUT2D eigenvalue weighted by Crippen LogP contribution is -2.46. The third-order valence-electron chi connectivity index (χ3n) is 6.63. The molecule has 3 aromatic rings. The Bertz CT molecular complexity index is 1250. The van der Waals surface area contributed by atoms with Crippen LogP contribution in [0.2, 0.25) is 0 Å². The monoisotopic (exact) mass is 486 g/mol. The molecule has 36 heavy (non-hydrogen) atoms. The molecule has 0 fully saturated rings. The number of carbonyl (C=O) groups is 3. The third kappa shape index (κ3) is 4.69. The smallest absolute Gasteiger partial charge is 0.337 e. The van der Waals surface area contributed by atoms with Gasteiger partial charge in [0, 0.05) is 29.5 Å². The van der Waals surface area contributed by atoms with Crippen LogP contribution in [-0.4, -0.2) is 44.6 Å². The second-order valence-electron chi connectivity index (χ2n) is 8.72. The minimum atomic E-state index is -0.424. The minimum absolute atomic E-state index is 0.0424. The van der Waals surface area contributed by atoms with Crippen LogP contribution in [0.1, 0.15) is 52.5 Å². The Morgan fingerprint density at radius 2 is 1.56 bits per heavy atom. The highest BCUT2D eigenvalue weighted by atomic mass is 16.5. The third-order valence-corrected chi connectivity index (χ3v) is 6.63. The van der Waals surface area contributed by atoms with Crippen LogP contribution < -0.4 is 14.5 Å². The van der Waals surface area contributed by atoms with E-state index in [4.69, 9.17) is 9.47 Å². The lowest BCUT2D eigenvalue weighted by atomic mass is 9.84. The summed E-state index contributed by atoms with van der Waals surface area (Å²) in [5.74, 6) is -0.305. The van der Waals surface area contributed by atoms with E-state index in [-0.39, 0.29) is 17.9 Å². The first-order valence-corrected chi connectivity index (χ1v) is 12.0. The summed E-state index contributed by atoms with van der Waals surface area (Å²) >= 11 is 0. The van der Waals surface area contributed by atoms with Crippen molar-refractivity contribution in [2.24, 2.45) is 0 Å². The summed E-state index contributed by atoms with van der Waals surface area (Å²) in [5, 5.41) is 0. The zero-order valence-corrected chi connectivity index (χ0v) is 20.9. The quantitative estimate of drug-likeness (QED) is 0.456. The molecule has 1 aliphatic rings. The number of nitrogens with zero attached hydrogens (tertiary/aromatic N) is 2. The van der Waals surface area contributed by atoms with Crippen LogP contribution in [0.3, 0.4) is 0 Å². The maximum Gasteiger partial charge on any atom is 0.337 e. The maximum absolute atomic E-state index is 13.8. The van der Waals surface area contributed by atoms with Gasteiger partial charge in [-0.05, 0) is 80.4 Å². The number of benzene rings is 3. The summed E-state index contributed by atoms with van der Waals surface area (Å²) in [6.45, 7) is 4.36. The minimum Gasteiger partial charge on any atom is -0.497 e. The molecule has 186 valence electrons. The fourth-order valence-electron chi connectivity index (χ4n) is 4.78. The summed E-state index contributed by atoms with van der Waals surface area (Å²) in [6, 6.07) is 21.3.